The molecule has 1 aliphatic heterocycles. The average molecular weight is 470 g/mol. The van der Waals surface area contributed by atoms with Gasteiger partial charge < -0.3 is 4.74 Å². The summed E-state index contributed by atoms with van der Waals surface area (Å²) < 4.78 is 6.49. The Kier molecular flexibility index (Phi) is 5.69. The van der Waals surface area contributed by atoms with Gasteiger partial charge in [-0.1, -0.05) is 51.8 Å². The lowest BCUT2D eigenvalue weighted by molar-refractivity contribution is 0.0711. The van der Waals surface area contributed by atoms with Gasteiger partial charge in [-0.25, -0.2) is 5.01 Å². The smallest absolute Gasteiger partial charge is 0.274 e. The van der Waals surface area contributed by atoms with E-state index in [0.29, 0.717) is 17.0 Å². The Bertz CT molecular complexity index is 1060. The van der Waals surface area contributed by atoms with E-state index in [-0.39, 0.29) is 11.9 Å². The molecule has 3 aromatic rings. The van der Waals surface area contributed by atoms with E-state index in [1.807, 2.05) is 48.5 Å². The second kappa shape index (κ2) is 8.39. The van der Waals surface area contributed by atoms with Crippen LogP contribution < -0.4 is 4.74 Å². The number of nitrogens with zero attached hydrogens (tertiary/aromatic N) is 2. The molecular weight excluding hydrogens is 452 g/mol. The minimum atomic E-state index is -0.203. The molecule has 0 radical (unpaired) electrons. The van der Waals surface area contributed by atoms with Crippen LogP contribution in [0.15, 0.2) is 82.4 Å². The SMILES string of the molecule is COc1ccccc1C1=NN(C(=O)c2ccc(Cl)cc2)[C@H](c2ccc(Br)cc2)C1. The van der Waals surface area contributed by atoms with Gasteiger partial charge in [0.25, 0.3) is 5.91 Å². The summed E-state index contributed by atoms with van der Waals surface area (Å²) in [5.74, 6) is 0.570. The Morgan fingerprint density at radius 1 is 1.07 bits per heavy atom. The fourth-order valence-electron chi connectivity index (χ4n) is 3.41. The minimum absolute atomic E-state index is 0.167. The molecule has 6 heteroatoms. The number of hydrogen-bond acceptors (Lipinski definition) is 3. The number of para-hydroxylation sites is 1. The van der Waals surface area contributed by atoms with Crippen molar-refractivity contribution < 1.29 is 9.53 Å². The molecule has 0 spiro atoms. The molecule has 0 unspecified atom stereocenters. The molecule has 4 nitrogen and oxygen atoms in total. The number of halogens is 2. The van der Waals surface area contributed by atoms with E-state index in [9.17, 15) is 4.79 Å². The third-order valence-electron chi connectivity index (χ3n) is 4.88. The van der Waals surface area contributed by atoms with Crippen LogP contribution in [0.2, 0.25) is 5.02 Å². The second-order valence-electron chi connectivity index (χ2n) is 6.68. The number of hydrazone groups is 1. The maximum Gasteiger partial charge on any atom is 0.274 e. The summed E-state index contributed by atoms with van der Waals surface area (Å²) in [4.78, 5) is 13.3. The quantitative estimate of drug-likeness (QED) is 0.463. The molecule has 0 aromatic heterocycles. The van der Waals surface area contributed by atoms with Crippen LogP contribution in [-0.2, 0) is 0 Å². The zero-order valence-corrected chi connectivity index (χ0v) is 18.0. The predicted molar refractivity (Wildman–Crippen MR) is 119 cm³/mol. The fraction of sp³-hybridized carbons (Fsp3) is 0.130. The Morgan fingerprint density at radius 2 is 1.76 bits per heavy atom. The minimum Gasteiger partial charge on any atom is -0.496 e. The van der Waals surface area contributed by atoms with Gasteiger partial charge in [0, 0.05) is 27.0 Å². The third kappa shape index (κ3) is 4.07. The van der Waals surface area contributed by atoms with E-state index in [1.165, 1.54) is 0 Å². The van der Waals surface area contributed by atoms with Crippen LogP contribution in [0, 0.1) is 0 Å². The first kappa shape index (κ1) is 19.7. The molecule has 1 atom stereocenters. The van der Waals surface area contributed by atoms with Crippen molar-refractivity contribution in [3.63, 3.8) is 0 Å². The zero-order chi connectivity index (χ0) is 20.4. The number of carbonyl (C=O) groups excluding carboxylic acids is 1. The zero-order valence-electron chi connectivity index (χ0n) is 15.7. The Hall–Kier alpha value is -2.63. The van der Waals surface area contributed by atoms with Crippen molar-refractivity contribution in [1.82, 2.24) is 5.01 Å². The molecule has 0 saturated heterocycles. The number of amides is 1. The fourth-order valence-corrected chi connectivity index (χ4v) is 3.80. The van der Waals surface area contributed by atoms with Gasteiger partial charge in [0.2, 0.25) is 0 Å². The van der Waals surface area contributed by atoms with Crippen LogP contribution in [0.25, 0.3) is 0 Å². The maximum atomic E-state index is 13.3. The van der Waals surface area contributed by atoms with Gasteiger partial charge in [-0.3, -0.25) is 4.79 Å². The molecule has 1 amide bonds. The first-order valence-electron chi connectivity index (χ1n) is 9.12. The van der Waals surface area contributed by atoms with Crippen molar-refractivity contribution in [2.24, 2.45) is 5.10 Å². The third-order valence-corrected chi connectivity index (χ3v) is 5.66. The van der Waals surface area contributed by atoms with Crippen LogP contribution in [0.1, 0.15) is 33.9 Å². The van der Waals surface area contributed by atoms with Crippen LogP contribution >= 0.6 is 27.5 Å². The number of rotatable bonds is 4. The van der Waals surface area contributed by atoms with Crippen molar-refractivity contribution in [3.8, 4) is 5.75 Å². The first-order valence-corrected chi connectivity index (χ1v) is 10.3. The van der Waals surface area contributed by atoms with Gasteiger partial charge in [0.1, 0.15) is 5.75 Å². The van der Waals surface area contributed by atoms with E-state index in [1.54, 1.807) is 36.4 Å². The summed E-state index contributed by atoms with van der Waals surface area (Å²) >= 11 is 9.45. The van der Waals surface area contributed by atoms with E-state index in [2.05, 4.69) is 15.9 Å². The lowest BCUT2D eigenvalue weighted by atomic mass is 9.97. The highest BCUT2D eigenvalue weighted by atomic mass is 79.9. The Labute approximate surface area is 182 Å². The van der Waals surface area contributed by atoms with Crippen LogP contribution in [0.3, 0.4) is 0 Å². The lowest BCUT2D eigenvalue weighted by Crippen LogP contribution is -2.27. The standard InChI is InChI=1S/C23H18BrClN2O2/c1-29-22-5-3-2-4-19(22)20-14-21(15-6-10-17(24)11-7-15)27(26-20)23(28)16-8-12-18(25)13-9-16/h2-13,21H,14H2,1H3/t21-/m0/s1. The van der Waals surface area contributed by atoms with E-state index in [0.717, 1.165) is 27.1 Å². The number of benzene rings is 3. The van der Waals surface area contributed by atoms with Crippen molar-refractivity contribution in [2.75, 3.05) is 7.11 Å². The molecule has 0 bridgehead atoms. The van der Waals surface area contributed by atoms with Gasteiger partial charge in [-0.05, 0) is 54.1 Å². The molecule has 0 fully saturated rings. The topological polar surface area (TPSA) is 41.9 Å². The normalized spacial score (nSPS) is 15.9. The highest BCUT2D eigenvalue weighted by molar-refractivity contribution is 9.10. The van der Waals surface area contributed by atoms with Crippen molar-refractivity contribution >= 4 is 39.1 Å². The van der Waals surface area contributed by atoms with Crippen LogP contribution in [0.5, 0.6) is 5.75 Å². The molecule has 0 aliphatic carbocycles. The largest absolute Gasteiger partial charge is 0.496 e. The lowest BCUT2D eigenvalue weighted by Gasteiger charge is -2.22. The second-order valence-corrected chi connectivity index (χ2v) is 8.03. The molecule has 0 N–H and O–H groups in total. The molecule has 1 heterocycles. The number of ether oxygens (including phenoxy) is 1. The Morgan fingerprint density at radius 3 is 2.45 bits per heavy atom. The highest BCUT2D eigenvalue weighted by Gasteiger charge is 2.34. The molecule has 0 saturated carbocycles. The summed E-state index contributed by atoms with van der Waals surface area (Å²) in [6.07, 6.45) is 0.599. The molecule has 4 rings (SSSR count). The van der Waals surface area contributed by atoms with Crippen molar-refractivity contribution in [2.45, 2.75) is 12.5 Å². The van der Waals surface area contributed by atoms with E-state index in [4.69, 9.17) is 21.4 Å². The van der Waals surface area contributed by atoms with Gasteiger partial charge in [0.05, 0.1) is 18.9 Å². The predicted octanol–water partition coefficient (Wildman–Crippen LogP) is 6.10. The maximum absolute atomic E-state index is 13.3. The van der Waals surface area contributed by atoms with Crippen molar-refractivity contribution in [1.29, 1.82) is 0 Å². The molecule has 1 aliphatic rings. The Balaban J connectivity index is 1.75. The summed E-state index contributed by atoms with van der Waals surface area (Å²) in [7, 11) is 1.64. The molecule has 3 aromatic carbocycles. The summed E-state index contributed by atoms with van der Waals surface area (Å²) in [5, 5.41) is 6.87. The molecular formula is C23H18BrClN2O2. The molecule has 29 heavy (non-hydrogen) atoms. The van der Waals surface area contributed by atoms with Crippen molar-refractivity contribution in [3.05, 3.63) is 99.0 Å². The monoisotopic (exact) mass is 468 g/mol. The first-order chi connectivity index (χ1) is 14.1. The summed E-state index contributed by atoms with van der Waals surface area (Å²) in [6.45, 7) is 0. The van der Waals surface area contributed by atoms with Gasteiger partial charge in [-0.2, -0.15) is 5.10 Å². The van der Waals surface area contributed by atoms with E-state index >= 15 is 0 Å². The highest BCUT2D eigenvalue weighted by Crippen LogP contribution is 2.36. The van der Waals surface area contributed by atoms with E-state index < -0.39 is 0 Å². The van der Waals surface area contributed by atoms with Crippen LogP contribution in [-0.4, -0.2) is 23.7 Å². The number of methoxy groups -OCH3 is 1. The molecule has 146 valence electrons. The summed E-state index contributed by atoms with van der Waals surface area (Å²) in [6, 6.07) is 22.4. The van der Waals surface area contributed by atoms with Crippen LogP contribution in [0.4, 0.5) is 0 Å². The van der Waals surface area contributed by atoms with Gasteiger partial charge in [0.15, 0.2) is 0 Å². The number of hydrogen-bond donors (Lipinski definition) is 0. The van der Waals surface area contributed by atoms with Gasteiger partial charge in [-0.15, -0.1) is 0 Å². The number of carbonyl (C=O) groups is 1. The summed E-state index contributed by atoms with van der Waals surface area (Å²) in [5.41, 5.74) is 3.27. The average Bonchev–Trinajstić information content (AvgIpc) is 3.19. The van der Waals surface area contributed by atoms with Gasteiger partial charge >= 0.3 is 0 Å².